The molecule has 1 N–H and O–H groups in total. The highest BCUT2D eigenvalue weighted by Crippen LogP contribution is 2.18. The van der Waals surface area contributed by atoms with E-state index in [1.165, 1.54) is 0 Å². The second kappa shape index (κ2) is 5.65. The first-order chi connectivity index (χ1) is 10.9. The van der Waals surface area contributed by atoms with Gasteiger partial charge in [0, 0.05) is 50.2 Å². The number of hydrogen-bond donors (Lipinski definition) is 1. The number of anilines is 1. The maximum atomic E-state index is 4.57. The van der Waals surface area contributed by atoms with Gasteiger partial charge in [-0.1, -0.05) is 18.2 Å². The minimum absolute atomic E-state index is 0.658. The van der Waals surface area contributed by atoms with E-state index < -0.39 is 0 Å². The monoisotopic (exact) mass is 292 g/mol. The summed E-state index contributed by atoms with van der Waals surface area (Å²) in [4.78, 5) is 20.1. The number of piperazine rings is 1. The van der Waals surface area contributed by atoms with Crippen molar-refractivity contribution in [1.82, 2.24) is 25.3 Å². The first-order valence-corrected chi connectivity index (χ1v) is 7.40. The maximum Gasteiger partial charge on any atom is 0.225 e. The van der Waals surface area contributed by atoms with E-state index >= 15 is 0 Å². The summed E-state index contributed by atoms with van der Waals surface area (Å²) >= 11 is 0. The molecule has 0 spiro atoms. The Kier molecular flexibility index (Phi) is 3.36. The zero-order valence-electron chi connectivity index (χ0n) is 12.1. The second-order valence-corrected chi connectivity index (χ2v) is 5.26. The fourth-order valence-electron chi connectivity index (χ4n) is 2.58. The molecule has 1 saturated heterocycles. The number of aromatic nitrogens is 4. The standard InChI is InChI=1S/C16H16N6/c1-2-4-14-12(3-1)9-18-15(21-14)13-10-19-16(20-11-13)22-7-5-17-6-8-22/h1-4,9-11,17H,5-8H2. The molecule has 3 heterocycles. The van der Waals surface area contributed by atoms with Crippen LogP contribution in [0.1, 0.15) is 0 Å². The van der Waals surface area contributed by atoms with Gasteiger partial charge in [-0.3, -0.25) is 0 Å². The molecule has 3 aromatic rings. The fraction of sp³-hybridized carbons (Fsp3) is 0.250. The van der Waals surface area contributed by atoms with Crippen molar-refractivity contribution >= 4 is 16.9 Å². The summed E-state index contributed by atoms with van der Waals surface area (Å²) in [7, 11) is 0. The molecule has 1 aromatic carbocycles. The van der Waals surface area contributed by atoms with Gasteiger partial charge in [0.2, 0.25) is 5.95 Å². The van der Waals surface area contributed by atoms with E-state index in [-0.39, 0.29) is 0 Å². The number of nitrogens with one attached hydrogen (secondary N) is 1. The second-order valence-electron chi connectivity index (χ2n) is 5.26. The molecular weight excluding hydrogens is 276 g/mol. The molecule has 0 aliphatic carbocycles. The summed E-state index contributed by atoms with van der Waals surface area (Å²) in [5.74, 6) is 1.43. The molecule has 22 heavy (non-hydrogen) atoms. The van der Waals surface area contributed by atoms with Crippen LogP contribution in [-0.4, -0.2) is 46.1 Å². The lowest BCUT2D eigenvalue weighted by molar-refractivity contribution is 0.580. The fourth-order valence-corrected chi connectivity index (χ4v) is 2.58. The number of para-hydroxylation sites is 1. The Morgan fingerprint density at radius 1 is 0.909 bits per heavy atom. The van der Waals surface area contributed by atoms with Crippen LogP contribution >= 0.6 is 0 Å². The third-order valence-electron chi connectivity index (χ3n) is 3.79. The highest BCUT2D eigenvalue weighted by molar-refractivity contribution is 5.79. The minimum atomic E-state index is 0.658. The van der Waals surface area contributed by atoms with Crippen molar-refractivity contribution < 1.29 is 0 Å². The van der Waals surface area contributed by atoms with Gasteiger partial charge in [-0.15, -0.1) is 0 Å². The average molecular weight is 292 g/mol. The quantitative estimate of drug-likeness (QED) is 0.772. The van der Waals surface area contributed by atoms with Gasteiger partial charge in [0.05, 0.1) is 11.1 Å². The van der Waals surface area contributed by atoms with Crippen molar-refractivity contribution in [1.29, 1.82) is 0 Å². The maximum absolute atomic E-state index is 4.57. The van der Waals surface area contributed by atoms with Crippen molar-refractivity contribution in [3.05, 3.63) is 42.9 Å². The highest BCUT2D eigenvalue weighted by atomic mass is 15.3. The van der Waals surface area contributed by atoms with Gasteiger partial charge >= 0.3 is 0 Å². The van der Waals surface area contributed by atoms with E-state index in [0.29, 0.717) is 5.82 Å². The molecule has 6 heteroatoms. The molecular formula is C16H16N6. The van der Waals surface area contributed by atoms with Gasteiger partial charge in [-0.05, 0) is 6.07 Å². The van der Waals surface area contributed by atoms with E-state index in [0.717, 1.165) is 48.6 Å². The van der Waals surface area contributed by atoms with Gasteiger partial charge in [-0.2, -0.15) is 0 Å². The number of nitrogens with zero attached hydrogens (tertiary/aromatic N) is 5. The number of hydrogen-bond acceptors (Lipinski definition) is 6. The molecule has 6 nitrogen and oxygen atoms in total. The molecule has 110 valence electrons. The van der Waals surface area contributed by atoms with E-state index in [1.54, 1.807) is 12.4 Å². The molecule has 0 saturated carbocycles. The zero-order chi connectivity index (χ0) is 14.8. The number of fused-ring (bicyclic) bond motifs is 1. The van der Waals surface area contributed by atoms with Crippen molar-refractivity contribution in [2.24, 2.45) is 0 Å². The molecule has 0 radical (unpaired) electrons. The molecule has 0 atom stereocenters. The summed E-state index contributed by atoms with van der Waals surface area (Å²) < 4.78 is 0. The summed E-state index contributed by atoms with van der Waals surface area (Å²) in [6, 6.07) is 7.94. The van der Waals surface area contributed by atoms with Crippen LogP contribution in [0.4, 0.5) is 5.95 Å². The van der Waals surface area contributed by atoms with Crippen molar-refractivity contribution in [2.75, 3.05) is 31.1 Å². The normalized spacial score (nSPS) is 15.2. The van der Waals surface area contributed by atoms with Crippen LogP contribution in [0.2, 0.25) is 0 Å². The van der Waals surface area contributed by atoms with Crippen LogP contribution in [0, 0.1) is 0 Å². The SMILES string of the molecule is c1ccc2nc(-c3cnc(N4CCNCC4)nc3)ncc2c1. The van der Waals surface area contributed by atoms with Crippen LogP contribution in [0.3, 0.4) is 0 Å². The van der Waals surface area contributed by atoms with Gasteiger partial charge < -0.3 is 10.2 Å². The molecule has 4 rings (SSSR count). The summed E-state index contributed by atoms with van der Waals surface area (Å²) in [6.07, 6.45) is 5.44. The van der Waals surface area contributed by atoms with Gasteiger partial charge in [0.15, 0.2) is 5.82 Å². The van der Waals surface area contributed by atoms with Crippen molar-refractivity contribution in [3.63, 3.8) is 0 Å². The lowest BCUT2D eigenvalue weighted by Gasteiger charge is -2.27. The number of rotatable bonds is 2. The molecule has 1 aliphatic heterocycles. The van der Waals surface area contributed by atoms with Crippen molar-refractivity contribution in [3.8, 4) is 11.4 Å². The Balaban J connectivity index is 1.63. The Labute approximate surface area is 128 Å². The van der Waals surface area contributed by atoms with Crippen molar-refractivity contribution in [2.45, 2.75) is 0 Å². The summed E-state index contributed by atoms with van der Waals surface area (Å²) in [6.45, 7) is 3.81. The minimum Gasteiger partial charge on any atom is -0.338 e. The molecule has 1 aliphatic rings. The third-order valence-corrected chi connectivity index (χ3v) is 3.79. The predicted octanol–water partition coefficient (Wildman–Crippen LogP) is 1.50. The van der Waals surface area contributed by atoms with Crippen LogP contribution in [0.5, 0.6) is 0 Å². The topological polar surface area (TPSA) is 66.8 Å². The van der Waals surface area contributed by atoms with Crippen LogP contribution in [0.25, 0.3) is 22.3 Å². The lowest BCUT2D eigenvalue weighted by atomic mass is 10.2. The van der Waals surface area contributed by atoms with Crippen LogP contribution in [0.15, 0.2) is 42.9 Å². The Morgan fingerprint density at radius 3 is 2.50 bits per heavy atom. The summed E-state index contributed by atoms with van der Waals surface area (Å²) in [5, 5.41) is 4.35. The molecule has 0 amide bonds. The molecule has 0 bridgehead atoms. The Hall–Kier alpha value is -2.60. The predicted molar refractivity (Wildman–Crippen MR) is 85.6 cm³/mol. The van der Waals surface area contributed by atoms with Crippen LogP contribution in [-0.2, 0) is 0 Å². The molecule has 1 fully saturated rings. The van der Waals surface area contributed by atoms with Gasteiger partial charge in [-0.25, -0.2) is 19.9 Å². The first-order valence-electron chi connectivity index (χ1n) is 7.40. The van der Waals surface area contributed by atoms with E-state index in [4.69, 9.17) is 0 Å². The molecule has 0 unspecified atom stereocenters. The van der Waals surface area contributed by atoms with Crippen LogP contribution < -0.4 is 10.2 Å². The summed E-state index contributed by atoms with van der Waals surface area (Å²) in [5.41, 5.74) is 1.77. The molecule has 2 aromatic heterocycles. The Morgan fingerprint density at radius 2 is 1.68 bits per heavy atom. The average Bonchev–Trinajstić information content (AvgIpc) is 2.62. The van der Waals surface area contributed by atoms with Gasteiger partial charge in [0.25, 0.3) is 0 Å². The van der Waals surface area contributed by atoms with Gasteiger partial charge in [0.1, 0.15) is 0 Å². The zero-order valence-corrected chi connectivity index (χ0v) is 12.1. The smallest absolute Gasteiger partial charge is 0.225 e. The van der Waals surface area contributed by atoms with E-state index in [9.17, 15) is 0 Å². The van der Waals surface area contributed by atoms with E-state index in [2.05, 4.69) is 30.2 Å². The Bertz CT molecular complexity index is 780. The largest absolute Gasteiger partial charge is 0.338 e. The lowest BCUT2D eigenvalue weighted by Crippen LogP contribution is -2.44. The first kappa shape index (κ1) is 13.1. The highest BCUT2D eigenvalue weighted by Gasteiger charge is 2.13. The number of benzene rings is 1. The third kappa shape index (κ3) is 2.48. The van der Waals surface area contributed by atoms with E-state index in [1.807, 2.05) is 30.5 Å².